The maximum absolute atomic E-state index is 5.52. The Hall–Kier alpha value is -2.75. The van der Waals surface area contributed by atoms with Crippen LogP contribution in [0.25, 0.3) is 0 Å². The number of allylic oxidation sites excluding steroid dienone is 8. The molecule has 0 saturated carbocycles. The minimum atomic E-state index is 0.686. The van der Waals surface area contributed by atoms with Crippen LogP contribution in [0.2, 0.25) is 0 Å². The Balaban J connectivity index is 2.32. The molecule has 0 unspecified atom stereocenters. The fourth-order valence-corrected chi connectivity index (χ4v) is 2.39. The lowest BCUT2D eigenvalue weighted by Crippen LogP contribution is -2.17. The van der Waals surface area contributed by atoms with E-state index in [0.29, 0.717) is 11.5 Å². The highest BCUT2D eigenvalue weighted by molar-refractivity contribution is 5.48. The third-order valence-electron chi connectivity index (χ3n) is 3.57. The third-order valence-corrected chi connectivity index (χ3v) is 3.57. The summed E-state index contributed by atoms with van der Waals surface area (Å²) in [5.41, 5.74) is 2.50. The van der Waals surface area contributed by atoms with Crippen LogP contribution >= 0.6 is 0 Å². The maximum atomic E-state index is 5.52. The number of hydrazone groups is 1. The van der Waals surface area contributed by atoms with Crippen LogP contribution in [0.3, 0.4) is 0 Å². The maximum Gasteiger partial charge on any atom is 0.131 e. The molecule has 0 N–H and O–H groups in total. The van der Waals surface area contributed by atoms with Crippen molar-refractivity contribution in [1.82, 2.24) is 5.01 Å². The highest BCUT2D eigenvalue weighted by atomic mass is 16.5. The molecule has 0 amide bonds. The van der Waals surface area contributed by atoms with Crippen LogP contribution in [0, 0.1) is 0 Å². The van der Waals surface area contributed by atoms with Gasteiger partial charge in [-0.05, 0) is 25.0 Å². The van der Waals surface area contributed by atoms with E-state index in [1.165, 1.54) is 0 Å². The zero-order chi connectivity index (χ0) is 16.7. The molecule has 0 atom stereocenters. The molecule has 2 aliphatic carbocycles. The van der Waals surface area contributed by atoms with Gasteiger partial charge >= 0.3 is 0 Å². The van der Waals surface area contributed by atoms with E-state index >= 15 is 0 Å². The molecule has 4 nitrogen and oxygen atoms in total. The van der Waals surface area contributed by atoms with Crippen LogP contribution < -0.4 is 0 Å². The Morgan fingerprint density at radius 1 is 1.13 bits per heavy atom. The zero-order valence-electron chi connectivity index (χ0n) is 13.7. The average Bonchev–Trinajstić information content (AvgIpc) is 2.95. The Bertz CT molecular complexity index is 661. The molecule has 0 heterocycles. The van der Waals surface area contributed by atoms with E-state index in [-0.39, 0.29) is 0 Å². The quantitative estimate of drug-likeness (QED) is 0.544. The summed E-state index contributed by atoms with van der Waals surface area (Å²) in [5, 5.41) is 5.85. The molecule has 23 heavy (non-hydrogen) atoms. The summed E-state index contributed by atoms with van der Waals surface area (Å²) in [6.07, 6.45) is 17.6. The second-order valence-electron chi connectivity index (χ2n) is 4.93. The average molecular weight is 310 g/mol. The molecule has 0 radical (unpaired) electrons. The van der Waals surface area contributed by atoms with Gasteiger partial charge in [-0.25, -0.2) is 5.01 Å². The number of rotatable bonds is 6. The summed E-state index contributed by atoms with van der Waals surface area (Å²) in [5.74, 6) is 1.45. The molecule has 0 fully saturated rings. The SMILES string of the molecule is C=NN(C(=C)C1=CCC=C(OC)C=C1OC)C1=CCC=CC=C1. The lowest BCUT2D eigenvalue weighted by atomic mass is 10.1. The highest BCUT2D eigenvalue weighted by Crippen LogP contribution is 2.29. The number of hydrogen-bond donors (Lipinski definition) is 0. The molecule has 0 aromatic carbocycles. The predicted molar refractivity (Wildman–Crippen MR) is 94.4 cm³/mol. The van der Waals surface area contributed by atoms with E-state index in [4.69, 9.17) is 9.47 Å². The third kappa shape index (κ3) is 3.92. The van der Waals surface area contributed by atoms with E-state index < -0.39 is 0 Å². The van der Waals surface area contributed by atoms with Gasteiger partial charge in [-0.2, -0.15) is 5.10 Å². The molecule has 2 rings (SSSR count). The molecule has 0 spiro atoms. The Kier molecular flexibility index (Phi) is 5.80. The first kappa shape index (κ1) is 16.6. The number of ether oxygens (including phenoxy) is 2. The van der Waals surface area contributed by atoms with Gasteiger partial charge in [-0.3, -0.25) is 0 Å². The van der Waals surface area contributed by atoms with E-state index in [2.05, 4.69) is 30.5 Å². The topological polar surface area (TPSA) is 34.1 Å². The summed E-state index contributed by atoms with van der Waals surface area (Å²) in [6, 6.07) is 0. The van der Waals surface area contributed by atoms with Gasteiger partial charge in [0.15, 0.2) is 0 Å². The van der Waals surface area contributed by atoms with Gasteiger partial charge in [0.1, 0.15) is 11.5 Å². The Morgan fingerprint density at radius 2 is 1.96 bits per heavy atom. The van der Waals surface area contributed by atoms with Crippen molar-refractivity contribution in [3.05, 3.63) is 83.7 Å². The molecule has 120 valence electrons. The minimum Gasteiger partial charge on any atom is -0.497 e. The normalized spacial score (nSPS) is 17.0. The summed E-state index contributed by atoms with van der Waals surface area (Å²) >= 11 is 0. The first-order valence-corrected chi connectivity index (χ1v) is 7.41. The Labute approximate surface area is 137 Å². The van der Waals surface area contributed by atoms with E-state index in [1.807, 2.05) is 36.5 Å². The molecular weight excluding hydrogens is 288 g/mol. The van der Waals surface area contributed by atoms with Gasteiger partial charge < -0.3 is 9.47 Å². The fraction of sp³-hybridized carbons (Fsp3) is 0.211. The van der Waals surface area contributed by atoms with Crippen LogP contribution in [0.1, 0.15) is 12.8 Å². The van der Waals surface area contributed by atoms with Crippen molar-refractivity contribution in [2.45, 2.75) is 12.8 Å². The second kappa shape index (κ2) is 8.03. The molecular formula is C19H22N2O2. The van der Waals surface area contributed by atoms with Gasteiger partial charge in [0.05, 0.1) is 25.6 Å². The first-order valence-electron chi connectivity index (χ1n) is 7.41. The van der Waals surface area contributed by atoms with Crippen LogP contribution in [0.5, 0.6) is 0 Å². The van der Waals surface area contributed by atoms with Crippen LogP contribution in [0.4, 0.5) is 0 Å². The first-order chi connectivity index (χ1) is 11.2. The van der Waals surface area contributed by atoms with Gasteiger partial charge in [0.25, 0.3) is 0 Å². The second-order valence-corrected chi connectivity index (χ2v) is 4.93. The smallest absolute Gasteiger partial charge is 0.131 e. The van der Waals surface area contributed by atoms with Crippen molar-refractivity contribution in [1.29, 1.82) is 0 Å². The Morgan fingerprint density at radius 3 is 2.65 bits per heavy atom. The van der Waals surface area contributed by atoms with Gasteiger partial charge in [0, 0.05) is 18.4 Å². The van der Waals surface area contributed by atoms with Crippen molar-refractivity contribution in [3.63, 3.8) is 0 Å². The lowest BCUT2D eigenvalue weighted by Gasteiger charge is -2.24. The van der Waals surface area contributed by atoms with Crippen LogP contribution in [0.15, 0.2) is 88.8 Å². The summed E-state index contributed by atoms with van der Waals surface area (Å²) < 4.78 is 10.8. The molecule has 0 aromatic heterocycles. The van der Waals surface area contributed by atoms with E-state index in [1.54, 1.807) is 19.2 Å². The summed E-state index contributed by atoms with van der Waals surface area (Å²) in [6.45, 7) is 7.87. The van der Waals surface area contributed by atoms with Gasteiger partial charge in [-0.15, -0.1) is 0 Å². The van der Waals surface area contributed by atoms with Gasteiger partial charge in [-0.1, -0.05) is 37.0 Å². The van der Waals surface area contributed by atoms with Crippen molar-refractivity contribution in [2.24, 2.45) is 5.10 Å². The fourth-order valence-electron chi connectivity index (χ4n) is 2.39. The zero-order valence-corrected chi connectivity index (χ0v) is 13.7. The molecule has 0 saturated heterocycles. The van der Waals surface area contributed by atoms with Crippen molar-refractivity contribution >= 4 is 6.72 Å². The molecule has 0 aliphatic heterocycles. The molecule has 2 aliphatic rings. The minimum absolute atomic E-state index is 0.686. The van der Waals surface area contributed by atoms with Crippen LogP contribution in [-0.4, -0.2) is 25.9 Å². The van der Waals surface area contributed by atoms with E-state index in [0.717, 1.165) is 29.9 Å². The van der Waals surface area contributed by atoms with Crippen molar-refractivity contribution in [3.8, 4) is 0 Å². The van der Waals surface area contributed by atoms with Crippen molar-refractivity contribution in [2.75, 3.05) is 14.2 Å². The van der Waals surface area contributed by atoms with Crippen molar-refractivity contribution < 1.29 is 9.47 Å². The highest BCUT2D eigenvalue weighted by Gasteiger charge is 2.19. The number of nitrogens with zero attached hydrogens (tertiary/aromatic N) is 2. The van der Waals surface area contributed by atoms with E-state index in [9.17, 15) is 0 Å². The summed E-state index contributed by atoms with van der Waals surface area (Å²) in [7, 11) is 3.27. The monoisotopic (exact) mass is 310 g/mol. The summed E-state index contributed by atoms with van der Waals surface area (Å²) in [4.78, 5) is 0. The van der Waals surface area contributed by atoms with Crippen LogP contribution in [-0.2, 0) is 9.47 Å². The lowest BCUT2D eigenvalue weighted by molar-refractivity contribution is 0.280. The number of methoxy groups -OCH3 is 2. The molecule has 4 heteroatoms. The predicted octanol–water partition coefficient (Wildman–Crippen LogP) is 4.21. The molecule has 0 bridgehead atoms. The largest absolute Gasteiger partial charge is 0.497 e. The molecule has 0 aromatic rings. The van der Waals surface area contributed by atoms with Gasteiger partial charge in [0.2, 0.25) is 0 Å². The standard InChI is InChI=1S/C19H22N2O2/c1-15(21(20-2)16-10-7-5-6-8-11-16)18-13-9-12-17(22-3)14-19(18)23-4/h5-7,10-14H,1-2,8-9H2,3-4H3. The number of hydrogen-bond acceptors (Lipinski definition) is 4.